The highest BCUT2D eigenvalue weighted by atomic mass is 35.9. The highest BCUT2D eigenvalue weighted by molar-refractivity contribution is 8.02. The van der Waals surface area contributed by atoms with E-state index < -0.39 is 11.7 Å². The molecule has 11 heavy (non-hydrogen) atoms. The first-order valence-electron chi connectivity index (χ1n) is 2.94. The van der Waals surface area contributed by atoms with Gasteiger partial charge >= 0.3 is 5.52 Å². The van der Waals surface area contributed by atoms with Crippen molar-refractivity contribution in [2.75, 3.05) is 0 Å². The maximum Gasteiger partial charge on any atom is 0.359 e. The Morgan fingerprint density at radius 1 is 0.818 bits per heavy atom. The van der Waals surface area contributed by atoms with Gasteiger partial charge in [0, 0.05) is 0 Å². The number of rotatable bonds is 1. The summed E-state index contributed by atoms with van der Waals surface area (Å²) in [5, 5.41) is -0.284. The molecule has 0 spiro atoms. The molecule has 0 aliphatic carbocycles. The van der Waals surface area contributed by atoms with Gasteiger partial charge in [-0.05, 0) is 5.04 Å². The van der Waals surface area contributed by atoms with Gasteiger partial charge in [-0.3, -0.25) is 0 Å². The maximum atomic E-state index is 6.06. The van der Waals surface area contributed by atoms with Crippen molar-refractivity contribution in [3.05, 3.63) is 0 Å². The van der Waals surface area contributed by atoms with E-state index >= 15 is 0 Å². The van der Waals surface area contributed by atoms with Crippen molar-refractivity contribution in [3.63, 3.8) is 0 Å². The monoisotopic (exact) mass is 288 g/mol. The highest BCUT2D eigenvalue weighted by Gasteiger charge is 2.60. The Hall–Kier alpha value is 1.88. The van der Waals surface area contributed by atoms with Crippen LogP contribution >= 0.6 is 55.4 Å². The molecule has 0 bridgehead atoms. The minimum absolute atomic E-state index is 0.284. The summed E-state index contributed by atoms with van der Waals surface area (Å²) in [5.41, 5.74) is -2.93. The van der Waals surface area contributed by atoms with Crippen LogP contribution in [0.5, 0.6) is 0 Å². The predicted octanol–water partition coefficient (Wildman–Crippen LogP) is 4.44. The summed E-state index contributed by atoms with van der Waals surface area (Å²) in [6.07, 6.45) is -2.73. The minimum Gasteiger partial charge on any atom is -0.144 e. The molecule has 0 saturated carbocycles. The molecule has 0 aliphatic heterocycles. The van der Waals surface area contributed by atoms with E-state index in [1.54, 1.807) is 0 Å². The Morgan fingerprint density at radius 2 is 1.09 bits per heavy atom. The van der Waals surface area contributed by atoms with Crippen LogP contribution in [-0.4, -0.2) is 11.7 Å². The summed E-state index contributed by atoms with van der Waals surface area (Å²) in [6.45, 7) is 5.69. The van der Waals surface area contributed by atoms with E-state index in [0.29, 0.717) is 0 Å². The Labute approximate surface area is 92.4 Å². The molecule has 0 amide bonds. The fraction of sp³-hybridized carbons (Fsp3) is 1.00. The maximum absolute atomic E-state index is 6.06. The van der Waals surface area contributed by atoms with Crippen LogP contribution < -0.4 is 0 Å². The molecule has 0 aromatic heterocycles. The molecule has 0 nitrogen and oxygen atoms in total. The van der Waals surface area contributed by atoms with Gasteiger partial charge in [-0.25, -0.2) is 0 Å². The van der Waals surface area contributed by atoms with Crippen molar-refractivity contribution in [1.29, 1.82) is 0 Å². The second-order valence-corrected chi connectivity index (χ2v) is 27.0. The van der Waals surface area contributed by atoms with Crippen LogP contribution in [0.25, 0.3) is 0 Å². The Morgan fingerprint density at radius 3 is 1.09 bits per heavy atom. The van der Waals surface area contributed by atoms with Crippen LogP contribution in [0.4, 0.5) is 0 Å². The van der Waals surface area contributed by atoms with E-state index in [1.807, 2.05) is 20.8 Å². The number of halogens is 5. The standard InChI is InChI=1S/C4H9Cl5Si2/c1-4(2,3)10(5,6)11(7,8)9/h1-3H3. The van der Waals surface area contributed by atoms with Crippen molar-refractivity contribution in [1.82, 2.24) is 0 Å². The molecule has 0 N–H and O–H groups in total. The molecule has 0 aliphatic rings. The van der Waals surface area contributed by atoms with E-state index in [1.165, 1.54) is 0 Å². The molecule has 0 rings (SSSR count). The van der Waals surface area contributed by atoms with Crippen molar-refractivity contribution < 1.29 is 0 Å². The van der Waals surface area contributed by atoms with Crippen molar-refractivity contribution in [2.45, 2.75) is 25.8 Å². The second kappa shape index (κ2) is 3.56. The average molecular weight is 291 g/mol. The van der Waals surface area contributed by atoms with Gasteiger partial charge in [0.25, 0.3) is 6.21 Å². The molecular weight excluding hydrogens is 281 g/mol. The molecule has 0 fully saturated rings. The third-order valence-electron chi connectivity index (χ3n) is 1.30. The lowest BCUT2D eigenvalue weighted by molar-refractivity contribution is 0.753. The fourth-order valence-electron chi connectivity index (χ4n) is 0.425. The largest absolute Gasteiger partial charge is 0.359 e. The van der Waals surface area contributed by atoms with Gasteiger partial charge in [0.05, 0.1) is 0 Å². The van der Waals surface area contributed by atoms with Crippen LogP contribution in [0.15, 0.2) is 0 Å². The number of hydrogen-bond donors (Lipinski definition) is 0. The van der Waals surface area contributed by atoms with Gasteiger partial charge in [0.1, 0.15) is 0 Å². The Bertz CT molecular complexity index is 128. The topological polar surface area (TPSA) is 0 Å². The van der Waals surface area contributed by atoms with E-state index in [9.17, 15) is 0 Å². The zero-order valence-corrected chi connectivity index (χ0v) is 12.2. The molecular formula is C4H9Cl5Si2. The van der Waals surface area contributed by atoms with Crippen LogP contribution in [0.3, 0.4) is 0 Å². The summed E-state index contributed by atoms with van der Waals surface area (Å²) < 4.78 is 0. The first kappa shape index (κ1) is 12.9. The smallest absolute Gasteiger partial charge is 0.144 e. The lowest BCUT2D eigenvalue weighted by Crippen LogP contribution is -2.49. The molecule has 68 valence electrons. The van der Waals surface area contributed by atoms with E-state index in [2.05, 4.69) is 0 Å². The fourth-order valence-corrected chi connectivity index (χ4v) is 11.5. The van der Waals surface area contributed by atoms with Crippen LogP contribution in [0, 0.1) is 0 Å². The molecule has 0 aromatic rings. The third kappa shape index (κ3) is 2.94. The summed E-state index contributed by atoms with van der Waals surface area (Å²) in [4.78, 5) is 0. The highest BCUT2D eigenvalue weighted by Crippen LogP contribution is 2.51. The molecule has 0 atom stereocenters. The minimum atomic E-state index is -2.93. The predicted molar refractivity (Wildman–Crippen MR) is 60.5 cm³/mol. The van der Waals surface area contributed by atoms with Gasteiger partial charge < -0.3 is 0 Å². The summed E-state index contributed by atoms with van der Waals surface area (Å²) in [6, 6.07) is 0. The Kier molecular flexibility index (Phi) is 4.17. The average Bonchev–Trinajstić information content (AvgIpc) is 1.58. The molecule has 0 aromatic carbocycles. The lowest BCUT2D eigenvalue weighted by atomic mass is 10.3. The van der Waals surface area contributed by atoms with E-state index in [4.69, 9.17) is 55.4 Å². The van der Waals surface area contributed by atoms with Crippen LogP contribution in [-0.2, 0) is 0 Å². The summed E-state index contributed by atoms with van der Waals surface area (Å²) in [7, 11) is 0. The van der Waals surface area contributed by atoms with Gasteiger partial charge in [0.2, 0.25) is 0 Å². The van der Waals surface area contributed by atoms with Crippen molar-refractivity contribution >= 4 is 67.1 Å². The van der Waals surface area contributed by atoms with E-state index in [0.717, 1.165) is 0 Å². The first-order valence-corrected chi connectivity index (χ1v) is 13.0. The summed E-state index contributed by atoms with van der Waals surface area (Å²) in [5.74, 6) is 0. The van der Waals surface area contributed by atoms with E-state index in [-0.39, 0.29) is 5.04 Å². The molecule has 0 heterocycles. The van der Waals surface area contributed by atoms with Crippen molar-refractivity contribution in [2.24, 2.45) is 0 Å². The molecule has 0 radical (unpaired) electrons. The second-order valence-electron chi connectivity index (χ2n) is 3.32. The van der Waals surface area contributed by atoms with Gasteiger partial charge in [-0.1, -0.05) is 20.8 Å². The van der Waals surface area contributed by atoms with Crippen LogP contribution in [0.2, 0.25) is 5.04 Å². The first-order chi connectivity index (χ1) is 4.50. The quantitative estimate of drug-likeness (QED) is 0.495. The van der Waals surface area contributed by atoms with Gasteiger partial charge in [0.15, 0.2) is 0 Å². The summed E-state index contributed by atoms with van der Waals surface area (Å²) >= 11 is 29.4. The Balaban J connectivity index is 4.75. The lowest BCUT2D eigenvalue weighted by Gasteiger charge is -2.34. The van der Waals surface area contributed by atoms with Crippen LogP contribution in [0.1, 0.15) is 20.8 Å². The van der Waals surface area contributed by atoms with Crippen molar-refractivity contribution in [3.8, 4) is 0 Å². The molecule has 7 heteroatoms. The van der Waals surface area contributed by atoms with Gasteiger partial charge in [-0.15, -0.1) is 55.4 Å². The molecule has 0 unspecified atom stereocenters. The number of hydrogen-bond acceptors (Lipinski definition) is 0. The van der Waals surface area contributed by atoms with Gasteiger partial charge in [-0.2, -0.15) is 0 Å². The molecule has 0 saturated heterocycles. The third-order valence-corrected chi connectivity index (χ3v) is 29.7. The zero-order valence-electron chi connectivity index (χ0n) is 6.39. The SMILES string of the molecule is CC(C)(C)[Si](Cl)(Cl)[Si](Cl)(Cl)Cl. The zero-order chi connectivity index (χ0) is 9.50. The normalized spacial score (nSPS) is 15.3.